The van der Waals surface area contributed by atoms with Gasteiger partial charge < -0.3 is 23.8 Å². The molecule has 0 rings (SSSR count). The molecule has 0 saturated heterocycles. The third kappa shape index (κ3) is 59.7. The molecule has 0 saturated carbocycles. The number of carbonyl (C=O) groups excluding carboxylic acids is 4. The average Bonchev–Trinajstić information content (AvgIpc) is 3.72. The highest BCUT2D eigenvalue weighted by molar-refractivity contribution is 5.71. The zero-order valence-electron chi connectivity index (χ0n) is 57.9. The maximum absolute atomic E-state index is 14.1. The maximum atomic E-state index is 14.1. The topological polar surface area (TPSA) is 108 Å². The highest BCUT2D eigenvalue weighted by Gasteiger charge is 2.37. The molecule has 0 radical (unpaired) electrons. The van der Waals surface area contributed by atoms with Crippen LogP contribution in [0.4, 0.5) is 0 Å². The lowest BCUT2D eigenvalue weighted by Crippen LogP contribution is -2.45. The van der Waals surface area contributed by atoms with Gasteiger partial charge in [0.05, 0.1) is 0 Å². The molecular weight excluding hydrogens is 1080 g/mol. The summed E-state index contributed by atoms with van der Waals surface area (Å²) in [5.74, 6) is -1.05. The first-order chi connectivity index (χ1) is 42.8. The first-order valence-electron chi connectivity index (χ1n) is 37.1. The van der Waals surface area contributed by atoms with E-state index < -0.39 is 18.3 Å². The normalized spacial score (nSPS) is 13.2. The summed E-state index contributed by atoms with van der Waals surface area (Å²) in [6, 6.07) is 0. The zero-order chi connectivity index (χ0) is 63.4. The number of allylic oxidation sites excluding steroid dienone is 12. The lowest BCUT2D eigenvalue weighted by atomic mass is 9.96. The molecule has 0 aromatic carbocycles. The van der Waals surface area contributed by atoms with Crippen LogP contribution in [0.25, 0.3) is 0 Å². The van der Waals surface area contributed by atoms with Gasteiger partial charge in [-0.15, -0.1) is 0 Å². The van der Waals surface area contributed by atoms with Gasteiger partial charge in [0, 0.05) is 32.2 Å². The van der Waals surface area contributed by atoms with Crippen LogP contribution in [0.3, 0.4) is 0 Å². The van der Waals surface area contributed by atoms with Crippen molar-refractivity contribution >= 4 is 23.9 Å². The summed E-state index contributed by atoms with van der Waals surface area (Å²) in [5.41, 5.74) is 0. The number of unbranched alkanes of at least 4 members (excludes halogenated alkanes) is 32. The van der Waals surface area contributed by atoms with E-state index in [2.05, 4.69) is 119 Å². The molecule has 0 aromatic heterocycles. The van der Waals surface area contributed by atoms with E-state index in [1.54, 1.807) is 0 Å². The van der Waals surface area contributed by atoms with Crippen LogP contribution in [0.1, 0.15) is 356 Å². The van der Waals surface area contributed by atoms with Gasteiger partial charge in [0.2, 0.25) is 0 Å². The average molecular weight is 1220 g/mol. The van der Waals surface area contributed by atoms with Crippen molar-refractivity contribution in [3.63, 3.8) is 0 Å². The van der Waals surface area contributed by atoms with Gasteiger partial charge in [0.15, 0.2) is 6.10 Å². The highest BCUT2D eigenvalue weighted by Crippen LogP contribution is 2.26. The van der Waals surface area contributed by atoms with Crippen molar-refractivity contribution in [2.45, 2.75) is 374 Å². The predicted octanol–water partition coefficient (Wildman–Crippen LogP) is 23.1. The van der Waals surface area contributed by atoms with Crippen molar-refractivity contribution in [1.29, 1.82) is 0 Å². The molecule has 0 fully saturated rings. The van der Waals surface area contributed by atoms with Crippen LogP contribution in [0.2, 0.25) is 0 Å². The molecule has 3 atom stereocenters. The van der Waals surface area contributed by atoms with Crippen molar-refractivity contribution in [2.24, 2.45) is 0 Å². The van der Waals surface area contributed by atoms with Crippen LogP contribution in [-0.2, 0) is 38.1 Å². The van der Waals surface area contributed by atoms with Gasteiger partial charge in [-0.25, -0.2) is 0 Å². The molecule has 9 heteroatoms. The molecule has 0 amide bonds. The van der Waals surface area contributed by atoms with Gasteiger partial charge in [-0.1, -0.05) is 256 Å². The minimum absolute atomic E-state index is 0.169. The number of carbonyl (C=O) groups is 4. The zero-order valence-corrected chi connectivity index (χ0v) is 57.9. The van der Waals surface area contributed by atoms with Crippen LogP contribution < -0.4 is 0 Å². The van der Waals surface area contributed by atoms with Crippen LogP contribution in [0.5, 0.6) is 0 Å². The fourth-order valence-corrected chi connectivity index (χ4v) is 10.9. The molecule has 87 heavy (non-hydrogen) atoms. The minimum atomic E-state index is -0.908. The lowest BCUT2D eigenvalue weighted by molar-refractivity contribution is -0.187. The number of ether oxygens (including phenoxy) is 4. The molecular formula is C78H139NO8. The Morgan fingerprint density at radius 3 is 0.897 bits per heavy atom. The second-order valence-corrected chi connectivity index (χ2v) is 24.7. The number of hydrogen-bond acceptors (Lipinski definition) is 9. The maximum Gasteiger partial charge on any atom is 0.306 e. The largest absolute Gasteiger partial charge is 0.464 e. The molecule has 0 N–H and O–H groups in total. The quantitative estimate of drug-likeness (QED) is 0.0255. The molecule has 0 bridgehead atoms. The van der Waals surface area contributed by atoms with E-state index in [4.69, 9.17) is 18.9 Å². The summed E-state index contributed by atoms with van der Waals surface area (Å²) in [6.07, 6.45) is 73.0. The third-order valence-electron chi connectivity index (χ3n) is 16.6. The summed E-state index contributed by atoms with van der Waals surface area (Å²) < 4.78 is 25.1. The Morgan fingerprint density at radius 2 is 0.563 bits per heavy atom. The van der Waals surface area contributed by atoms with E-state index in [9.17, 15) is 19.2 Å². The summed E-state index contributed by atoms with van der Waals surface area (Å²) in [6.45, 7) is 16.2. The molecule has 0 aliphatic carbocycles. The van der Waals surface area contributed by atoms with Crippen LogP contribution >= 0.6 is 0 Å². The minimum Gasteiger partial charge on any atom is -0.464 e. The van der Waals surface area contributed by atoms with E-state index >= 15 is 0 Å². The van der Waals surface area contributed by atoms with E-state index in [1.807, 2.05) is 0 Å². The van der Waals surface area contributed by atoms with E-state index in [0.29, 0.717) is 58.0 Å². The van der Waals surface area contributed by atoms with Crippen molar-refractivity contribution in [1.82, 2.24) is 4.90 Å². The van der Waals surface area contributed by atoms with E-state index in [0.717, 1.165) is 193 Å². The third-order valence-corrected chi connectivity index (χ3v) is 16.6. The van der Waals surface area contributed by atoms with E-state index in [1.165, 1.54) is 83.5 Å². The first kappa shape index (κ1) is 83.3. The Hall–Kier alpha value is -3.72. The molecule has 504 valence electrons. The van der Waals surface area contributed by atoms with Crippen LogP contribution in [-0.4, -0.2) is 73.3 Å². The Morgan fingerprint density at radius 1 is 0.299 bits per heavy atom. The Balaban J connectivity index is 6.20. The fraction of sp³-hybridized carbons (Fsp3) is 0.795. The Labute approximate surface area is 538 Å². The summed E-state index contributed by atoms with van der Waals surface area (Å²) >= 11 is 0. The Bertz CT molecular complexity index is 1710. The molecule has 0 heterocycles. The SMILES string of the molecule is CCCCC/C=C\C/C=C\CCCCCCCC(=O)O[C@@H]([C@H](CCCCCCC(=O)OCCN(CC)CC)OC(=O)CCCCCCC/C=C\C/C=C\CCCCC)[C@@H](CCCCCCCC)OC(=O)CCCCCCC/C=C\C/C=C\CCCCC. The van der Waals surface area contributed by atoms with Crippen molar-refractivity contribution < 1.29 is 38.1 Å². The predicted molar refractivity (Wildman–Crippen MR) is 372 cm³/mol. The number of nitrogens with zero attached hydrogens (tertiary/aromatic N) is 1. The standard InChI is InChI=1S/C78H139NO8/c1-7-13-17-21-25-28-31-34-37-40-43-46-49-53-61-67-75(81)85-72(64-58-52-24-20-16-10-4)78(87-77(83)69-63-55-51-48-45-42-39-36-33-30-27-23-19-15-9-3)73(65-59-56-57-60-66-74(80)84-71-70-79(11-5)12-6)86-76(82)68-62-54-50-47-44-41-38-35-32-29-26-22-18-14-8-2/h25-30,34-39,72-73,78H,7-24,31-33,40-71H2,1-6H3/b28-25-,29-26-,30-27-,37-34-,38-35-,39-36-/t72-,73+,78-/m1/s1. The van der Waals surface area contributed by atoms with Gasteiger partial charge in [0.1, 0.15) is 18.8 Å². The number of hydrogen-bond donors (Lipinski definition) is 0. The van der Waals surface area contributed by atoms with E-state index in [-0.39, 0.29) is 30.3 Å². The molecule has 0 aliphatic rings. The molecule has 0 unspecified atom stereocenters. The molecule has 0 spiro atoms. The van der Waals surface area contributed by atoms with Crippen molar-refractivity contribution in [2.75, 3.05) is 26.2 Å². The summed E-state index contributed by atoms with van der Waals surface area (Å²) in [7, 11) is 0. The summed E-state index contributed by atoms with van der Waals surface area (Å²) in [5, 5.41) is 0. The molecule has 9 nitrogen and oxygen atoms in total. The lowest BCUT2D eigenvalue weighted by Gasteiger charge is -2.33. The number of esters is 4. The van der Waals surface area contributed by atoms with Crippen LogP contribution in [0.15, 0.2) is 72.9 Å². The Kier molecular flexibility index (Phi) is 65.3. The van der Waals surface area contributed by atoms with Crippen molar-refractivity contribution in [3.05, 3.63) is 72.9 Å². The first-order valence-corrected chi connectivity index (χ1v) is 37.1. The van der Waals surface area contributed by atoms with Gasteiger partial charge in [-0.3, -0.25) is 19.2 Å². The fourth-order valence-electron chi connectivity index (χ4n) is 10.9. The number of rotatable bonds is 66. The summed E-state index contributed by atoms with van der Waals surface area (Å²) in [4.78, 5) is 57.0. The van der Waals surface area contributed by atoms with Gasteiger partial charge in [-0.05, 0) is 161 Å². The van der Waals surface area contributed by atoms with Crippen molar-refractivity contribution in [3.8, 4) is 0 Å². The molecule has 0 aromatic rings. The van der Waals surface area contributed by atoms with Gasteiger partial charge in [0.25, 0.3) is 0 Å². The highest BCUT2D eigenvalue weighted by atomic mass is 16.6. The number of likely N-dealkylation sites (N-methyl/N-ethyl adjacent to an activating group) is 1. The van der Waals surface area contributed by atoms with Gasteiger partial charge in [-0.2, -0.15) is 0 Å². The smallest absolute Gasteiger partial charge is 0.306 e. The van der Waals surface area contributed by atoms with Crippen LogP contribution in [0, 0.1) is 0 Å². The molecule has 0 aliphatic heterocycles. The second-order valence-electron chi connectivity index (χ2n) is 24.7. The second kappa shape index (κ2) is 68.2. The van der Waals surface area contributed by atoms with Gasteiger partial charge >= 0.3 is 23.9 Å². The monoisotopic (exact) mass is 1220 g/mol.